The third-order valence-corrected chi connectivity index (χ3v) is 5.24. The summed E-state index contributed by atoms with van der Waals surface area (Å²) in [7, 11) is 0. The first-order valence-corrected chi connectivity index (χ1v) is 10.8. The Labute approximate surface area is 186 Å². The summed E-state index contributed by atoms with van der Waals surface area (Å²) >= 11 is 1.13. The lowest BCUT2D eigenvalue weighted by Crippen LogP contribution is -2.48. The van der Waals surface area contributed by atoms with E-state index in [0.717, 1.165) is 11.8 Å². The zero-order chi connectivity index (χ0) is 23.4. The Morgan fingerprint density at radius 2 is 1.74 bits per heavy atom. The number of hydrogen-bond acceptors (Lipinski definition) is 8. The molecule has 2 heterocycles. The number of hydrogen-bond donors (Lipinski definition) is 2. The van der Waals surface area contributed by atoms with Gasteiger partial charge >= 0.3 is 12.1 Å². The van der Waals surface area contributed by atoms with E-state index in [1.807, 2.05) is 0 Å². The summed E-state index contributed by atoms with van der Waals surface area (Å²) < 4.78 is 10.7. The predicted octanol–water partition coefficient (Wildman–Crippen LogP) is 2.44. The van der Waals surface area contributed by atoms with Crippen molar-refractivity contribution >= 4 is 35.6 Å². The number of carbonyl (C=O) groups is 4. The number of thioether (sulfide) groups is 1. The van der Waals surface area contributed by atoms with E-state index in [1.54, 1.807) is 65.9 Å². The first-order valence-electron chi connectivity index (χ1n) is 9.90. The van der Waals surface area contributed by atoms with Crippen LogP contribution in [-0.2, 0) is 23.9 Å². The predicted molar refractivity (Wildman–Crippen MR) is 114 cm³/mol. The van der Waals surface area contributed by atoms with Crippen LogP contribution in [-0.4, -0.2) is 51.4 Å². The monoisotopic (exact) mass is 451 g/mol. The number of pyridine rings is 1. The van der Waals surface area contributed by atoms with Crippen LogP contribution >= 0.6 is 11.8 Å². The second-order valence-corrected chi connectivity index (χ2v) is 10.3. The van der Waals surface area contributed by atoms with Gasteiger partial charge in [-0.1, -0.05) is 17.8 Å². The van der Waals surface area contributed by atoms with Gasteiger partial charge in [0.05, 0.1) is 10.9 Å². The molecule has 1 aromatic rings. The lowest BCUT2D eigenvalue weighted by molar-refractivity contribution is -0.158. The average molecular weight is 452 g/mol. The fourth-order valence-corrected chi connectivity index (χ4v) is 3.91. The normalized spacial score (nSPS) is 20.1. The molecule has 2 N–H and O–H groups in total. The van der Waals surface area contributed by atoms with Gasteiger partial charge in [0.2, 0.25) is 11.8 Å². The number of alkyl carbamates (subject to hydrolysis) is 1. The fourth-order valence-electron chi connectivity index (χ4n) is 2.81. The van der Waals surface area contributed by atoms with Gasteiger partial charge in [-0.25, -0.2) is 14.6 Å². The third kappa shape index (κ3) is 7.86. The first-order chi connectivity index (χ1) is 14.2. The molecule has 1 fully saturated rings. The maximum Gasteiger partial charge on any atom is 0.408 e. The van der Waals surface area contributed by atoms with Crippen molar-refractivity contribution in [2.24, 2.45) is 5.92 Å². The fraction of sp³-hybridized carbons (Fsp3) is 0.571. The summed E-state index contributed by atoms with van der Waals surface area (Å²) in [5.74, 6) is -2.57. The molecule has 1 aliphatic rings. The molecule has 0 aromatic carbocycles. The Hall–Kier alpha value is -2.62. The lowest BCUT2D eigenvalue weighted by atomic mass is 9.97. The molecule has 31 heavy (non-hydrogen) atoms. The molecule has 10 heteroatoms. The van der Waals surface area contributed by atoms with Crippen molar-refractivity contribution in [2.75, 3.05) is 0 Å². The Balaban J connectivity index is 2.22. The van der Waals surface area contributed by atoms with Crippen molar-refractivity contribution in [3.05, 3.63) is 24.4 Å². The molecule has 0 aliphatic carbocycles. The van der Waals surface area contributed by atoms with E-state index in [2.05, 4.69) is 15.6 Å². The maximum atomic E-state index is 12.8. The van der Waals surface area contributed by atoms with Gasteiger partial charge in [0, 0.05) is 6.20 Å². The molecule has 1 aliphatic heterocycles. The average Bonchev–Trinajstić information content (AvgIpc) is 2.86. The molecule has 2 unspecified atom stereocenters. The Kier molecular flexibility index (Phi) is 7.69. The SMILES string of the molecule is CC(C)(C)OC(=O)N[C@@H](CC1C(=O)NC(=O)C1Sc1ccccn1)C(=O)OC(C)(C)C. The smallest absolute Gasteiger partial charge is 0.408 e. The van der Waals surface area contributed by atoms with Crippen LogP contribution in [0.5, 0.6) is 0 Å². The highest BCUT2D eigenvalue weighted by Crippen LogP contribution is 2.33. The molecule has 0 radical (unpaired) electrons. The second-order valence-electron chi connectivity index (χ2n) is 9.13. The van der Waals surface area contributed by atoms with Crippen LogP contribution in [0.2, 0.25) is 0 Å². The third-order valence-electron chi connectivity index (χ3n) is 3.96. The van der Waals surface area contributed by atoms with E-state index in [-0.39, 0.29) is 6.42 Å². The van der Waals surface area contributed by atoms with Crippen molar-refractivity contribution < 1.29 is 28.7 Å². The van der Waals surface area contributed by atoms with Crippen LogP contribution in [0, 0.1) is 5.92 Å². The number of amides is 3. The molecule has 0 saturated carbocycles. The zero-order valence-corrected chi connectivity index (χ0v) is 19.4. The molecule has 9 nitrogen and oxygen atoms in total. The molecule has 1 aromatic heterocycles. The van der Waals surface area contributed by atoms with Crippen LogP contribution in [0.25, 0.3) is 0 Å². The van der Waals surface area contributed by atoms with Crippen LogP contribution in [0.4, 0.5) is 4.79 Å². The van der Waals surface area contributed by atoms with E-state index >= 15 is 0 Å². The summed E-state index contributed by atoms with van der Waals surface area (Å²) in [5, 5.41) is 4.56. The van der Waals surface area contributed by atoms with Crippen molar-refractivity contribution in [2.45, 2.75) is 75.5 Å². The van der Waals surface area contributed by atoms with Gasteiger partial charge in [-0.05, 0) is 60.1 Å². The van der Waals surface area contributed by atoms with Crippen LogP contribution in [0.15, 0.2) is 29.4 Å². The standard InChI is InChI=1S/C21H29N3O6S/c1-20(2,3)29-18(27)13(23-19(28)30-21(4,5)6)11-12-15(17(26)24-16(12)25)31-14-9-7-8-10-22-14/h7-10,12-13,15H,11H2,1-6H3,(H,23,28)(H,24,25,26)/t12?,13-,15?/m0/s1. The maximum absolute atomic E-state index is 12.8. The number of rotatable bonds is 6. The lowest BCUT2D eigenvalue weighted by Gasteiger charge is -2.27. The van der Waals surface area contributed by atoms with Crippen LogP contribution < -0.4 is 10.6 Å². The molecule has 0 bridgehead atoms. The van der Waals surface area contributed by atoms with Crippen molar-refractivity contribution in [1.29, 1.82) is 0 Å². The molecule has 3 amide bonds. The van der Waals surface area contributed by atoms with E-state index in [0.29, 0.717) is 5.03 Å². The molecule has 170 valence electrons. The number of esters is 1. The summed E-state index contributed by atoms with van der Waals surface area (Å²) in [6.45, 7) is 10.2. The van der Waals surface area contributed by atoms with Crippen molar-refractivity contribution in [1.82, 2.24) is 15.6 Å². The van der Waals surface area contributed by atoms with Gasteiger partial charge in [0.15, 0.2) is 0 Å². The van der Waals surface area contributed by atoms with Crippen molar-refractivity contribution in [3.8, 4) is 0 Å². The van der Waals surface area contributed by atoms with Gasteiger partial charge in [-0.15, -0.1) is 0 Å². The van der Waals surface area contributed by atoms with Gasteiger partial charge in [-0.2, -0.15) is 0 Å². The van der Waals surface area contributed by atoms with Crippen molar-refractivity contribution in [3.63, 3.8) is 0 Å². The Bertz CT molecular complexity index is 832. The molecule has 1 saturated heterocycles. The minimum atomic E-state index is -1.18. The molecule has 2 rings (SSSR count). The molecule has 0 spiro atoms. The van der Waals surface area contributed by atoms with Gasteiger partial charge < -0.3 is 14.8 Å². The number of ether oxygens (including phenoxy) is 2. The second kappa shape index (κ2) is 9.67. The van der Waals surface area contributed by atoms with Crippen LogP contribution in [0.3, 0.4) is 0 Å². The highest BCUT2D eigenvalue weighted by molar-refractivity contribution is 8.00. The van der Waals surface area contributed by atoms with Gasteiger partial charge in [-0.3, -0.25) is 14.9 Å². The quantitative estimate of drug-likeness (QED) is 0.499. The number of nitrogens with zero attached hydrogens (tertiary/aromatic N) is 1. The number of imide groups is 1. The van der Waals surface area contributed by atoms with Crippen LogP contribution in [0.1, 0.15) is 48.0 Å². The highest BCUT2D eigenvalue weighted by atomic mass is 32.2. The first kappa shape index (κ1) is 24.6. The summed E-state index contributed by atoms with van der Waals surface area (Å²) in [5.41, 5.74) is -1.58. The van der Waals surface area contributed by atoms with E-state index in [1.165, 1.54) is 0 Å². The Morgan fingerprint density at radius 3 is 2.29 bits per heavy atom. The molecular weight excluding hydrogens is 422 g/mol. The topological polar surface area (TPSA) is 124 Å². The zero-order valence-electron chi connectivity index (χ0n) is 18.6. The van der Waals surface area contributed by atoms with E-state index in [9.17, 15) is 19.2 Å². The summed E-state index contributed by atoms with van der Waals surface area (Å²) in [6, 6.07) is 4.06. The van der Waals surface area contributed by atoms with Gasteiger partial charge in [0.25, 0.3) is 0 Å². The number of nitrogens with one attached hydrogen (secondary N) is 2. The van der Waals surface area contributed by atoms with E-state index in [4.69, 9.17) is 9.47 Å². The van der Waals surface area contributed by atoms with E-state index < -0.39 is 52.3 Å². The molecule has 3 atom stereocenters. The number of carbonyl (C=O) groups excluding carboxylic acids is 4. The minimum Gasteiger partial charge on any atom is -0.458 e. The van der Waals surface area contributed by atoms with Gasteiger partial charge in [0.1, 0.15) is 22.5 Å². The Morgan fingerprint density at radius 1 is 1.10 bits per heavy atom. The highest BCUT2D eigenvalue weighted by Gasteiger charge is 2.45. The summed E-state index contributed by atoms with van der Waals surface area (Å²) in [6.07, 6.45) is 0.637. The summed E-state index contributed by atoms with van der Waals surface area (Å²) in [4.78, 5) is 54.1. The minimum absolute atomic E-state index is 0.129. The molecular formula is C21H29N3O6S. The number of aromatic nitrogens is 1. The largest absolute Gasteiger partial charge is 0.458 e.